The van der Waals surface area contributed by atoms with Crippen molar-refractivity contribution in [2.45, 2.75) is 32.7 Å². The topological polar surface area (TPSA) is 84.9 Å². The molecule has 0 spiro atoms. The van der Waals surface area contributed by atoms with E-state index in [2.05, 4.69) is 12.2 Å². The van der Waals surface area contributed by atoms with Crippen LogP contribution in [0.2, 0.25) is 0 Å². The van der Waals surface area contributed by atoms with E-state index >= 15 is 0 Å². The minimum atomic E-state index is -0.975. The van der Waals surface area contributed by atoms with Crippen LogP contribution in [0.5, 0.6) is 17.2 Å². The number of hydrogen-bond donors (Lipinski definition) is 2. The summed E-state index contributed by atoms with van der Waals surface area (Å²) in [5.41, 5.74) is 2.56. The molecule has 0 aromatic heterocycles. The number of amides is 1. The molecule has 3 aromatic carbocycles. The number of para-hydroxylation sites is 2. The highest BCUT2D eigenvalue weighted by Crippen LogP contribution is 2.32. The zero-order valence-corrected chi connectivity index (χ0v) is 18.3. The lowest BCUT2D eigenvalue weighted by Gasteiger charge is -2.14. The molecule has 0 aliphatic rings. The molecule has 0 saturated heterocycles. The van der Waals surface area contributed by atoms with Gasteiger partial charge < -0.3 is 19.9 Å². The van der Waals surface area contributed by atoms with Gasteiger partial charge in [-0.05, 0) is 66.4 Å². The quantitative estimate of drug-likeness (QED) is 0.444. The molecule has 0 saturated carbocycles. The Morgan fingerprint density at radius 2 is 1.69 bits per heavy atom. The van der Waals surface area contributed by atoms with Crippen molar-refractivity contribution in [3.05, 3.63) is 89.0 Å². The van der Waals surface area contributed by atoms with Crippen LogP contribution in [0.25, 0.3) is 0 Å². The number of carboxylic acid groups (broad SMARTS) is 1. The maximum atomic E-state index is 12.9. The number of carbonyl (C=O) groups excluding carboxylic acids is 1. The molecule has 0 heterocycles. The van der Waals surface area contributed by atoms with Gasteiger partial charge in [0.15, 0.2) is 11.5 Å². The second kappa shape index (κ2) is 11.0. The molecule has 0 unspecified atom stereocenters. The Morgan fingerprint density at radius 1 is 0.969 bits per heavy atom. The summed E-state index contributed by atoms with van der Waals surface area (Å²) >= 11 is 0. The summed E-state index contributed by atoms with van der Waals surface area (Å²) < 4.78 is 11.4. The number of aryl methyl sites for hydroxylation is 1. The molecule has 0 aliphatic heterocycles. The van der Waals surface area contributed by atoms with Crippen LogP contribution < -0.4 is 14.8 Å². The van der Waals surface area contributed by atoms with Crippen LogP contribution in [0.3, 0.4) is 0 Å². The Kier molecular flexibility index (Phi) is 7.86. The molecule has 0 atom stereocenters. The van der Waals surface area contributed by atoms with Gasteiger partial charge >= 0.3 is 5.97 Å². The summed E-state index contributed by atoms with van der Waals surface area (Å²) in [5.74, 6) is 0.733. The van der Waals surface area contributed by atoms with Gasteiger partial charge in [-0.25, -0.2) is 4.79 Å². The van der Waals surface area contributed by atoms with Gasteiger partial charge in [-0.15, -0.1) is 0 Å². The summed E-state index contributed by atoms with van der Waals surface area (Å²) in [6.45, 7) is 2.42. The zero-order chi connectivity index (χ0) is 22.9. The standard InChI is InChI=1S/C26H27NO5/c1-3-4-7-20-16-21(32-24-9-6-5-8-23(24)31-2)14-15-22(20)25(28)27-17-18-10-12-19(13-11-18)26(29)30/h5-6,8-16H,3-4,7,17H2,1-2H3,(H,27,28)(H,29,30). The van der Waals surface area contributed by atoms with Crippen molar-refractivity contribution in [1.82, 2.24) is 5.32 Å². The Balaban J connectivity index is 1.75. The summed E-state index contributed by atoms with van der Waals surface area (Å²) in [7, 11) is 1.59. The minimum Gasteiger partial charge on any atom is -0.493 e. The molecular weight excluding hydrogens is 406 g/mol. The third kappa shape index (κ3) is 5.88. The van der Waals surface area contributed by atoms with E-state index in [1.54, 1.807) is 31.4 Å². The average Bonchev–Trinajstić information content (AvgIpc) is 2.82. The van der Waals surface area contributed by atoms with Crippen LogP contribution in [0.1, 0.15) is 51.6 Å². The van der Waals surface area contributed by atoms with Crippen molar-refractivity contribution in [3.63, 3.8) is 0 Å². The lowest BCUT2D eigenvalue weighted by atomic mass is 10.0. The van der Waals surface area contributed by atoms with E-state index in [0.29, 0.717) is 29.4 Å². The molecule has 0 aliphatic carbocycles. The van der Waals surface area contributed by atoms with E-state index < -0.39 is 5.97 Å². The molecule has 0 fully saturated rings. The fraction of sp³-hybridized carbons (Fsp3) is 0.231. The number of carbonyl (C=O) groups is 2. The maximum absolute atomic E-state index is 12.9. The van der Waals surface area contributed by atoms with Crippen LogP contribution in [0.4, 0.5) is 0 Å². The molecule has 6 nitrogen and oxygen atoms in total. The number of unbranched alkanes of at least 4 members (excludes halogenated alkanes) is 1. The van der Waals surface area contributed by atoms with Gasteiger partial charge in [-0.1, -0.05) is 37.6 Å². The van der Waals surface area contributed by atoms with Crippen LogP contribution in [-0.2, 0) is 13.0 Å². The second-order valence-corrected chi connectivity index (χ2v) is 7.36. The van der Waals surface area contributed by atoms with E-state index in [1.165, 1.54) is 12.1 Å². The van der Waals surface area contributed by atoms with E-state index in [4.69, 9.17) is 14.6 Å². The summed E-state index contributed by atoms with van der Waals surface area (Å²) in [6.07, 6.45) is 2.72. The highest BCUT2D eigenvalue weighted by molar-refractivity contribution is 5.96. The van der Waals surface area contributed by atoms with Crippen LogP contribution in [0.15, 0.2) is 66.7 Å². The average molecular weight is 434 g/mol. The summed E-state index contributed by atoms with van der Waals surface area (Å²) in [5, 5.41) is 11.9. The van der Waals surface area contributed by atoms with Gasteiger partial charge in [0.1, 0.15) is 5.75 Å². The first kappa shape index (κ1) is 22.9. The Bertz CT molecular complexity index is 1080. The predicted molar refractivity (Wildman–Crippen MR) is 123 cm³/mol. The first-order chi connectivity index (χ1) is 15.5. The van der Waals surface area contributed by atoms with Crippen molar-refractivity contribution in [3.8, 4) is 17.2 Å². The molecule has 6 heteroatoms. The number of carboxylic acids is 1. The van der Waals surface area contributed by atoms with Gasteiger partial charge in [-0.2, -0.15) is 0 Å². The van der Waals surface area contributed by atoms with Crippen molar-refractivity contribution in [2.24, 2.45) is 0 Å². The van der Waals surface area contributed by atoms with Crippen LogP contribution in [-0.4, -0.2) is 24.1 Å². The fourth-order valence-corrected chi connectivity index (χ4v) is 3.30. The Morgan fingerprint density at radius 3 is 2.34 bits per heavy atom. The Labute approximate surface area is 187 Å². The van der Waals surface area contributed by atoms with Gasteiger partial charge in [0, 0.05) is 12.1 Å². The van der Waals surface area contributed by atoms with Crippen LogP contribution >= 0.6 is 0 Å². The predicted octanol–water partition coefficient (Wildman–Crippen LogP) is 5.46. The number of nitrogens with one attached hydrogen (secondary N) is 1. The maximum Gasteiger partial charge on any atom is 0.335 e. The largest absolute Gasteiger partial charge is 0.493 e. The molecule has 1 amide bonds. The first-order valence-corrected chi connectivity index (χ1v) is 10.6. The highest BCUT2D eigenvalue weighted by atomic mass is 16.5. The third-order valence-corrected chi connectivity index (χ3v) is 5.07. The monoisotopic (exact) mass is 433 g/mol. The number of ether oxygens (including phenoxy) is 2. The highest BCUT2D eigenvalue weighted by Gasteiger charge is 2.14. The fourth-order valence-electron chi connectivity index (χ4n) is 3.30. The number of rotatable bonds is 10. The zero-order valence-electron chi connectivity index (χ0n) is 18.3. The lowest BCUT2D eigenvalue weighted by molar-refractivity contribution is 0.0696. The molecule has 166 valence electrons. The van der Waals surface area contributed by atoms with Gasteiger partial charge in [0.25, 0.3) is 5.91 Å². The molecular formula is C26H27NO5. The lowest BCUT2D eigenvalue weighted by Crippen LogP contribution is -2.24. The number of methoxy groups -OCH3 is 1. The van der Waals surface area contributed by atoms with E-state index in [1.807, 2.05) is 30.3 Å². The minimum absolute atomic E-state index is 0.178. The Hall–Kier alpha value is -3.80. The molecule has 2 N–H and O–H groups in total. The molecule has 0 radical (unpaired) electrons. The smallest absolute Gasteiger partial charge is 0.335 e. The van der Waals surface area contributed by atoms with E-state index in [9.17, 15) is 9.59 Å². The van der Waals surface area contributed by atoms with Crippen molar-refractivity contribution >= 4 is 11.9 Å². The number of hydrogen-bond acceptors (Lipinski definition) is 4. The van der Waals surface area contributed by atoms with Crippen molar-refractivity contribution in [2.75, 3.05) is 7.11 Å². The first-order valence-electron chi connectivity index (χ1n) is 10.6. The van der Waals surface area contributed by atoms with Gasteiger partial charge in [0.2, 0.25) is 0 Å². The molecule has 3 rings (SSSR count). The summed E-state index contributed by atoms with van der Waals surface area (Å²) in [6, 6.07) is 19.3. The summed E-state index contributed by atoms with van der Waals surface area (Å²) in [4.78, 5) is 23.9. The SMILES string of the molecule is CCCCc1cc(Oc2ccccc2OC)ccc1C(=O)NCc1ccc(C(=O)O)cc1. The second-order valence-electron chi connectivity index (χ2n) is 7.36. The number of aromatic carboxylic acids is 1. The normalized spacial score (nSPS) is 10.4. The van der Waals surface area contributed by atoms with E-state index in [0.717, 1.165) is 30.4 Å². The third-order valence-electron chi connectivity index (χ3n) is 5.07. The van der Waals surface area contributed by atoms with Crippen LogP contribution in [0, 0.1) is 0 Å². The van der Waals surface area contributed by atoms with Gasteiger partial charge in [-0.3, -0.25) is 4.79 Å². The molecule has 32 heavy (non-hydrogen) atoms. The van der Waals surface area contributed by atoms with Crippen molar-refractivity contribution < 1.29 is 24.2 Å². The van der Waals surface area contributed by atoms with Crippen molar-refractivity contribution in [1.29, 1.82) is 0 Å². The van der Waals surface area contributed by atoms with Gasteiger partial charge in [0.05, 0.1) is 12.7 Å². The number of benzene rings is 3. The van der Waals surface area contributed by atoms with E-state index in [-0.39, 0.29) is 11.5 Å². The molecule has 3 aromatic rings. The molecule has 0 bridgehead atoms.